The highest BCUT2D eigenvalue weighted by Gasteiger charge is 2.19. The van der Waals surface area contributed by atoms with Crippen LogP contribution in [0.1, 0.15) is 48.9 Å². The van der Waals surface area contributed by atoms with Crippen molar-refractivity contribution in [1.29, 1.82) is 0 Å². The lowest BCUT2D eigenvalue weighted by molar-refractivity contribution is -0.137. The number of aromatic hydroxyl groups is 1. The number of rotatable bonds is 11. The number of anilines is 1. The van der Waals surface area contributed by atoms with E-state index in [1.54, 1.807) is 42.5 Å². The summed E-state index contributed by atoms with van der Waals surface area (Å²) in [7, 11) is 0. The third kappa shape index (κ3) is 6.95. The van der Waals surface area contributed by atoms with Crippen LogP contribution in [0.2, 0.25) is 0 Å². The molecule has 3 aromatic rings. The molecule has 2 aromatic carbocycles. The molecular weight excluding hydrogens is 539 g/mol. The average molecular weight is 564 g/mol. The van der Waals surface area contributed by atoms with Crippen LogP contribution >= 0.6 is 22.6 Å². The van der Waals surface area contributed by atoms with Crippen molar-refractivity contribution in [1.82, 2.24) is 4.98 Å². The number of benzene rings is 2. The molecule has 0 spiro atoms. The number of carboxylic acid groups (broad SMARTS) is 1. The Morgan fingerprint density at radius 1 is 1.00 bits per heavy atom. The summed E-state index contributed by atoms with van der Waals surface area (Å²) in [6.45, 7) is 0.545. The molecule has 3 rings (SSSR count). The molecule has 33 heavy (non-hydrogen) atoms. The zero-order valence-corrected chi connectivity index (χ0v) is 20.1. The lowest BCUT2D eigenvalue weighted by Crippen LogP contribution is -2.23. The summed E-state index contributed by atoms with van der Waals surface area (Å²) >= 11 is 2.09. The SMILES string of the molecule is O=C(O)CCCCCCCOc1ccc(NC(=O)c2c(O)c3cc(I)ccc3[nH]c2=O)cc1. The van der Waals surface area contributed by atoms with Crippen molar-refractivity contribution < 1.29 is 24.5 Å². The van der Waals surface area contributed by atoms with Gasteiger partial charge in [-0.15, -0.1) is 0 Å². The quantitative estimate of drug-likeness (QED) is 0.194. The molecule has 0 bridgehead atoms. The number of carbonyl (C=O) groups excluding carboxylic acids is 1. The van der Waals surface area contributed by atoms with Crippen molar-refractivity contribution in [2.45, 2.75) is 38.5 Å². The van der Waals surface area contributed by atoms with Crippen molar-refractivity contribution in [3.63, 3.8) is 0 Å². The van der Waals surface area contributed by atoms with Gasteiger partial charge in [-0.05, 0) is 77.9 Å². The third-order valence-electron chi connectivity index (χ3n) is 5.09. The maximum absolute atomic E-state index is 12.7. The van der Waals surface area contributed by atoms with E-state index in [1.807, 2.05) is 0 Å². The number of amides is 1. The van der Waals surface area contributed by atoms with Crippen LogP contribution < -0.4 is 15.6 Å². The van der Waals surface area contributed by atoms with E-state index in [-0.39, 0.29) is 17.7 Å². The number of hydrogen-bond donors (Lipinski definition) is 4. The number of ether oxygens (including phenoxy) is 1. The molecule has 1 amide bonds. The molecule has 0 saturated carbocycles. The van der Waals surface area contributed by atoms with E-state index in [2.05, 4.69) is 32.9 Å². The minimum Gasteiger partial charge on any atom is -0.506 e. The van der Waals surface area contributed by atoms with E-state index in [9.17, 15) is 19.5 Å². The molecule has 0 unspecified atom stereocenters. The van der Waals surface area contributed by atoms with E-state index >= 15 is 0 Å². The Morgan fingerprint density at radius 3 is 2.42 bits per heavy atom. The molecule has 0 saturated heterocycles. The van der Waals surface area contributed by atoms with Crippen molar-refractivity contribution >= 4 is 51.1 Å². The number of hydrogen-bond acceptors (Lipinski definition) is 5. The molecule has 4 N–H and O–H groups in total. The number of pyridine rings is 1. The highest BCUT2D eigenvalue weighted by Crippen LogP contribution is 2.27. The Morgan fingerprint density at radius 2 is 1.70 bits per heavy atom. The topological polar surface area (TPSA) is 129 Å². The highest BCUT2D eigenvalue weighted by molar-refractivity contribution is 14.1. The molecule has 0 aliphatic heterocycles. The first kappa shape index (κ1) is 24.6. The second kappa shape index (κ2) is 11.7. The number of unbranched alkanes of at least 4 members (excludes halogenated alkanes) is 4. The van der Waals surface area contributed by atoms with Crippen LogP contribution in [0.5, 0.6) is 11.5 Å². The molecule has 1 heterocycles. The van der Waals surface area contributed by atoms with Gasteiger partial charge in [0.25, 0.3) is 11.5 Å². The molecule has 9 heteroatoms. The van der Waals surface area contributed by atoms with Crippen molar-refractivity contribution in [3.05, 3.63) is 62.0 Å². The lowest BCUT2D eigenvalue weighted by atomic mass is 10.1. The summed E-state index contributed by atoms with van der Waals surface area (Å²) < 4.78 is 6.55. The van der Waals surface area contributed by atoms with Gasteiger partial charge in [-0.3, -0.25) is 14.4 Å². The Bertz CT molecular complexity index is 1190. The van der Waals surface area contributed by atoms with E-state index in [4.69, 9.17) is 9.84 Å². The third-order valence-corrected chi connectivity index (χ3v) is 5.76. The van der Waals surface area contributed by atoms with Gasteiger partial charge in [-0.1, -0.05) is 19.3 Å². The largest absolute Gasteiger partial charge is 0.506 e. The van der Waals surface area contributed by atoms with Crippen molar-refractivity contribution in [2.75, 3.05) is 11.9 Å². The fraction of sp³-hybridized carbons (Fsp3) is 0.292. The van der Waals surface area contributed by atoms with Gasteiger partial charge in [-0.25, -0.2) is 0 Å². The van der Waals surface area contributed by atoms with Crippen LogP contribution in [0.3, 0.4) is 0 Å². The highest BCUT2D eigenvalue weighted by atomic mass is 127. The minimum atomic E-state index is -0.756. The van der Waals surface area contributed by atoms with Crippen LogP contribution in [-0.2, 0) is 4.79 Å². The zero-order chi connectivity index (χ0) is 23.8. The second-order valence-corrected chi connectivity index (χ2v) is 8.85. The van der Waals surface area contributed by atoms with Crippen LogP contribution in [-0.4, -0.2) is 33.7 Å². The summed E-state index contributed by atoms with van der Waals surface area (Å²) in [5.74, 6) is -1.16. The maximum atomic E-state index is 12.7. The zero-order valence-electron chi connectivity index (χ0n) is 17.9. The van der Waals surface area contributed by atoms with Crippen molar-refractivity contribution in [2.24, 2.45) is 0 Å². The number of H-pyrrole nitrogens is 1. The summed E-state index contributed by atoms with van der Waals surface area (Å²) in [4.78, 5) is 38.1. The first-order valence-corrected chi connectivity index (χ1v) is 11.7. The van der Waals surface area contributed by atoms with Gasteiger partial charge < -0.3 is 25.3 Å². The smallest absolute Gasteiger partial charge is 0.303 e. The number of aromatic amines is 1. The summed E-state index contributed by atoms with van der Waals surface area (Å²) in [6.07, 6.45) is 4.63. The van der Waals surface area contributed by atoms with Gasteiger partial charge >= 0.3 is 5.97 Å². The number of nitrogens with one attached hydrogen (secondary N) is 2. The average Bonchev–Trinajstić information content (AvgIpc) is 2.77. The molecule has 0 fully saturated rings. The predicted molar refractivity (Wildman–Crippen MR) is 134 cm³/mol. The normalized spacial score (nSPS) is 10.8. The fourth-order valence-corrected chi connectivity index (χ4v) is 3.88. The number of aliphatic carboxylic acids is 1. The van der Waals surface area contributed by atoms with Gasteiger partial charge in [0.1, 0.15) is 17.1 Å². The van der Waals surface area contributed by atoms with E-state index in [1.165, 1.54) is 0 Å². The van der Waals surface area contributed by atoms with Gasteiger partial charge in [0, 0.05) is 21.1 Å². The number of aromatic nitrogens is 1. The van der Waals surface area contributed by atoms with Gasteiger partial charge in [0.15, 0.2) is 0 Å². The monoisotopic (exact) mass is 564 g/mol. The van der Waals surface area contributed by atoms with E-state index in [0.717, 1.165) is 29.3 Å². The first-order valence-electron chi connectivity index (χ1n) is 10.7. The van der Waals surface area contributed by atoms with Crippen LogP contribution in [0.25, 0.3) is 10.9 Å². The molecule has 0 aliphatic carbocycles. The van der Waals surface area contributed by atoms with Crippen molar-refractivity contribution in [3.8, 4) is 11.5 Å². The molecule has 1 aromatic heterocycles. The Kier molecular flexibility index (Phi) is 8.70. The Balaban J connectivity index is 1.52. The molecule has 0 aliphatic rings. The summed E-state index contributed by atoms with van der Waals surface area (Å²) in [5.41, 5.74) is -0.0849. The van der Waals surface area contributed by atoms with Crippen LogP contribution in [0.15, 0.2) is 47.3 Å². The summed E-state index contributed by atoms with van der Waals surface area (Å²) in [5, 5.41) is 22.2. The first-order chi connectivity index (χ1) is 15.8. The van der Waals surface area contributed by atoms with E-state index < -0.39 is 17.4 Å². The molecule has 8 nitrogen and oxygen atoms in total. The lowest BCUT2D eigenvalue weighted by Gasteiger charge is -2.10. The molecule has 174 valence electrons. The van der Waals surface area contributed by atoms with Gasteiger partial charge in [0.2, 0.25) is 0 Å². The second-order valence-electron chi connectivity index (χ2n) is 7.61. The van der Waals surface area contributed by atoms with Gasteiger partial charge in [-0.2, -0.15) is 0 Å². The summed E-state index contributed by atoms with van der Waals surface area (Å²) in [6, 6.07) is 11.9. The number of carboxylic acids is 1. The number of carbonyl (C=O) groups is 2. The predicted octanol–water partition coefficient (Wildman–Crippen LogP) is 4.89. The standard InChI is InChI=1S/C24H25IN2O6/c25-15-7-12-19-18(14-15)22(30)21(24(32)27-19)23(31)26-16-8-10-17(11-9-16)33-13-5-3-1-2-4-6-20(28)29/h7-12,14H,1-6,13H2,(H,26,31)(H,28,29)(H2,27,30,32). The van der Waals surface area contributed by atoms with Crippen LogP contribution in [0, 0.1) is 3.57 Å². The number of halogens is 1. The number of fused-ring (bicyclic) bond motifs is 1. The fourth-order valence-electron chi connectivity index (χ4n) is 3.39. The molecule has 0 radical (unpaired) electrons. The Labute approximate surface area is 204 Å². The van der Waals surface area contributed by atoms with Crippen LogP contribution in [0.4, 0.5) is 5.69 Å². The van der Waals surface area contributed by atoms with E-state index in [0.29, 0.717) is 35.4 Å². The van der Waals surface area contributed by atoms with Gasteiger partial charge in [0.05, 0.1) is 12.1 Å². The minimum absolute atomic E-state index is 0.216. The molecular formula is C24H25IN2O6. The Hall–Kier alpha value is -3.08. The maximum Gasteiger partial charge on any atom is 0.303 e. The molecule has 0 atom stereocenters.